The van der Waals surface area contributed by atoms with Gasteiger partial charge in [0.25, 0.3) is 10.0 Å². The molecular formula is C12H8BrCl2NO4S. The van der Waals surface area contributed by atoms with E-state index in [2.05, 4.69) is 20.7 Å². The fourth-order valence-corrected chi connectivity index (χ4v) is 3.77. The summed E-state index contributed by atoms with van der Waals surface area (Å²) in [7, 11) is -4.15. The van der Waals surface area contributed by atoms with Crippen LogP contribution in [0.1, 0.15) is 0 Å². The average molecular weight is 413 g/mol. The highest BCUT2D eigenvalue weighted by Gasteiger charge is 2.22. The molecule has 9 heteroatoms. The maximum Gasteiger partial charge on any atom is 0.265 e. The van der Waals surface area contributed by atoms with Crippen LogP contribution in [0.25, 0.3) is 0 Å². The van der Waals surface area contributed by atoms with Crippen molar-refractivity contribution in [2.24, 2.45) is 0 Å². The summed E-state index contributed by atoms with van der Waals surface area (Å²) in [4.78, 5) is -0.412. The Morgan fingerprint density at radius 1 is 1.10 bits per heavy atom. The highest BCUT2D eigenvalue weighted by molar-refractivity contribution is 9.10. The lowest BCUT2D eigenvalue weighted by molar-refractivity contribution is 0.459. The summed E-state index contributed by atoms with van der Waals surface area (Å²) in [6, 6.07) is 6.56. The molecule has 0 aliphatic rings. The van der Waals surface area contributed by atoms with Crippen molar-refractivity contribution in [2.45, 2.75) is 4.90 Å². The largest absolute Gasteiger partial charge is 0.505 e. The van der Waals surface area contributed by atoms with Gasteiger partial charge in [-0.15, -0.1) is 0 Å². The molecule has 5 nitrogen and oxygen atoms in total. The number of sulfonamides is 1. The number of phenolic OH excluding ortho intramolecular Hbond substituents is 2. The molecule has 0 heterocycles. The maximum absolute atomic E-state index is 12.3. The molecule has 0 amide bonds. The molecule has 0 aliphatic heterocycles. The number of hydrogen-bond donors (Lipinski definition) is 3. The number of nitrogens with one attached hydrogen (secondary N) is 1. The number of phenols is 2. The van der Waals surface area contributed by atoms with E-state index >= 15 is 0 Å². The first-order valence-corrected chi connectivity index (χ1v) is 8.44. The summed E-state index contributed by atoms with van der Waals surface area (Å²) in [6.07, 6.45) is 0. The third-order valence-corrected chi connectivity index (χ3v) is 5.04. The molecule has 0 radical (unpaired) electrons. The van der Waals surface area contributed by atoms with Crippen LogP contribution < -0.4 is 4.72 Å². The van der Waals surface area contributed by atoms with Crippen molar-refractivity contribution in [1.82, 2.24) is 0 Å². The lowest BCUT2D eigenvalue weighted by Crippen LogP contribution is -2.13. The quantitative estimate of drug-likeness (QED) is 0.665. The van der Waals surface area contributed by atoms with E-state index in [1.54, 1.807) is 0 Å². The highest BCUT2D eigenvalue weighted by atomic mass is 79.9. The number of halogens is 3. The molecule has 0 atom stereocenters. The van der Waals surface area contributed by atoms with E-state index in [0.29, 0.717) is 0 Å². The minimum Gasteiger partial charge on any atom is -0.505 e. The van der Waals surface area contributed by atoms with Crippen molar-refractivity contribution in [3.05, 3.63) is 44.8 Å². The molecular weight excluding hydrogens is 405 g/mol. The zero-order valence-corrected chi connectivity index (χ0v) is 14.1. The SMILES string of the molecule is O=S(=O)(Nc1cc(Cl)cc(Br)c1O)c1cccc(Cl)c1O. The van der Waals surface area contributed by atoms with Crippen LogP contribution in [0.4, 0.5) is 5.69 Å². The number of benzene rings is 2. The molecule has 0 fully saturated rings. The molecule has 112 valence electrons. The summed E-state index contributed by atoms with van der Waals surface area (Å²) >= 11 is 14.5. The fourth-order valence-electron chi connectivity index (χ4n) is 1.56. The van der Waals surface area contributed by atoms with Gasteiger partial charge >= 0.3 is 0 Å². The van der Waals surface area contributed by atoms with Gasteiger partial charge in [-0.25, -0.2) is 8.42 Å². The van der Waals surface area contributed by atoms with Crippen molar-refractivity contribution in [3.63, 3.8) is 0 Å². The van der Waals surface area contributed by atoms with Crippen LogP contribution >= 0.6 is 39.1 Å². The number of para-hydroxylation sites is 1. The Kier molecular flexibility index (Phi) is 4.57. The fraction of sp³-hybridized carbons (Fsp3) is 0. The summed E-state index contributed by atoms with van der Waals surface area (Å²) < 4.78 is 26.9. The molecule has 0 saturated carbocycles. The second kappa shape index (κ2) is 5.92. The van der Waals surface area contributed by atoms with Crippen LogP contribution in [-0.2, 0) is 10.0 Å². The summed E-state index contributed by atoms with van der Waals surface area (Å²) in [5, 5.41) is 19.7. The van der Waals surface area contributed by atoms with Gasteiger partial charge in [0.1, 0.15) is 4.90 Å². The minimum absolute atomic E-state index is 0.102. The van der Waals surface area contributed by atoms with Gasteiger partial charge in [0.15, 0.2) is 11.5 Å². The average Bonchev–Trinajstić information content (AvgIpc) is 2.38. The van der Waals surface area contributed by atoms with Gasteiger partial charge in [-0.05, 0) is 40.2 Å². The van der Waals surface area contributed by atoms with E-state index in [9.17, 15) is 18.6 Å². The first-order valence-electron chi connectivity index (χ1n) is 5.40. The Morgan fingerprint density at radius 2 is 1.76 bits per heavy atom. The van der Waals surface area contributed by atoms with Gasteiger partial charge in [0.2, 0.25) is 0 Å². The molecule has 0 aliphatic carbocycles. The van der Waals surface area contributed by atoms with Crippen LogP contribution in [-0.4, -0.2) is 18.6 Å². The summed E-state index contributed by atoms with van der Waals surface area (Å²) in [5.74, 6) is -0.906. The number of anilines is 1. The van der Waals surface area contributed by atoms with Gasteiger partial charge in [0.05, 0.1) is 15.2 Å². The Bertz CT molecular complexity index is 811. The van der Waals surface area contributed by atoms with E-state index in [4.69, 9.17) is 23.2 Å². The monoisotopic (exact) mass is 411 g/mol. The lowest BCUT2D eigenvalue weighted by atomic mass is 10.3. The van der Waals surface area contributed by atoms with E-state index in [0.717, 1.165) is 0 Å². The third kappa shape index (κ3) is 3.37. The molecule has 2 aromatic carbocycles. The lowest BCUT2D eigenvalue weighted by Gasteiger charge is -2.12. The standard InChI is InChI=1S/C12H8BrCl2NO4S/c13-7-4-6(14)5-9(11(7)17)16-21(19,20)10-3-1-2-8(15)12(10)18/h1-5,16-18H. The minimum atomic E-state index is -4.15. The second-order valence-electron chi connectivity index (χ2n) is 3.98. The van der Waals surface area contributed by atoms with Gasteiger partial charge in [0, 0.05) is 5.02 Å². The molecule has 0 bridgehead atoms. The predicted molar refractivity (Wildman–Crippen MR) is 84.7 cm³/mol. The van der Waals surface area contributed by atoms with Crippen molar-refractivity contribution < 1.29 is 18.6 Å². The number of rotatable bonds is 3. The molecule has 0 unspecified atom stereocenters. The normalized spacial score (nSPS) is 11.4. The van der Waals surface area contributed by atoms with Crippen LogP contribution in [0.15, 0.2) is 39.7 Å². The Hall–Kier alpha value is -1.15. The van der Waals surface area contributed by atoms with Crippen LogP contribution in [0.3, 0.4) is 0 Å². The highest BCUT2D eigenvalue weighted by Crippen LogP contribution is 2.38. The van der Waals surface area contributed by atoms with Gasteiger partial charge < -0.3 is 10.2 Å². The molecule has 2 rings (SSSR count). The molecule has 0 spiro atoms. The van der Waals surface area contributed by atoms with Crippen molar-refractivity contribution in [3.8, 4) is 11.5 Å². The van der Waals surface area contributed by atoms with Gasteiger partial charge in [-0.1, -0.05) is 29.3 Å². The smallest absolute Gasteiger partial charge is 0.265 e. The van der Waals surface area contributed by atoms with E-state index in [-0.39, 0.29) is 26.0 Å². The summed E-state index contributed by atoms with van der Waals surface area (Å²) in [5.41, 5.74) is -0.131. The first-order chi connectivity index (χ1) is 9.72. The predicted octanol–water partition coefficient (Wildman–Crippen LogP) is 3.97. The Balaban J connectivity index is 2.50. The Morgan fingerprint density at radius 3 is 2.43 bits per heavy atom. The van der Waals surface area contributed by atoms with Crippen LogP contribution in [0.2, 0.25) is 10.0 Å². The molecule has 0 saturated heterocycles. The summed E-state index contributed by atoms with van der Waals surface area (Å²) in [6.45, 7) is 0. The maximum atomic E-state index is 12.3. The number of hydrogen-bond acceptors (Lipinski definition) is 4. The molecule has 21 heavy (non-hydrogen) atoms. The van der Waals surface area contributed by atoms with Crippen LogP contribution in [0, 0.1) is 0 Å². The van der Waals surface area contributed by atoms with E-state index < -0.39 is 20.7 Å². The Labute approximate surface area is 139 Å². The van der Waals surface area contributed by atoms with Crippen molar-refractivity contribution in [1.29, 1.82) is 0 Å². The van der Waals surface area contributed by atoms with E-state index in [1.807, 2.05) is 0 Å². The molecule has 3 N–H and O–H groups in total. The van der Waals surface area contributed by atoms with Crippen molar-refractivity contribution >= 4 is 54.8 Å². The second-order valence-corrected chi connectivity index (χ2v) is 7.32. The zero-order chi connectivity index (χ0) is 15.8. The van der Waals surface area contributed by atoms with E-state index in [1.165, 1.54) is 30.3 Å². The zero-order valence-electron chi connectivity index (χ0n) is 10.1. The van der Waals surface area contributed by atoms with Crippen LogP contribution in [0.5, 0.6) is 11.5 Å². The van der Waals surface area contributed by atoms with Crippen molar-refractivity contribution in [2.75, 3.05) is 4.72 Å². The van der Waals surface area contributed by atoms with Gasteiger partial charge in [-0.2, -0.15) is 0 Å². The third-order valence-electron chi connectivity index (χ3n) is 2.51. The first kappa shape index (κ1) is 16.2. The molecule has 2 aromatic rings. The topological polar surface area (TPSA) is 86.6 Å². The number of aromatic hydroxyl groups is 2. The molecule has 0 aromatic heterocycles. The van der Waals surface area contributed by atoms with Gasteiger partial charge in [-0.3, -0.25) is 4.72 Å².